The minimum absolute atomic E-state index is 0.209. The van der Waals surface area contributed by atoms with E-state index in [1.165, 1.54) is 13.8 Å². The normalized spacial score (nSPS) is 37.3. The van der Waals surface area contributed by atoms with Crippen LogP contribution in [0.2, 0.25) is 0 Å². The van der Waals surface area contributed by atoms with Crippen molar-refractivity contribution in [1.29, 1.82) is 0 Å². The Bertz CT molecular complexity index is 598. The molecule has 0 saturated carbocycles. The molecule has 0 radical (unpaired) electrons. The fourth-order valence-corrected chi connectivity index (χ4v) is 3.14. The van der Waals surface area contributed by atoms with Gasteiger partial charge in [0.25, 0.3) is 0 Å². The minimum atomic E-state index is -2.02. The highest BCUT2D eigenvalue weighted by Gasteiger charge is 2.46. The maximum atomic E-state index is 12.7. The van der Waals surface area contributed by atoms with Crippen molar-refractivity contribution in [2.75, 3.05) is 19.7 Å². The van der Waals surface area contributed by atoms with Crippen LogP contribution in [0.25, 0.3) is 0 Å². The highest BCUT2D eigenvalue weighted by molar-refractivity contribution is 6.00. The number of carbonyl (C=O) groups is 3. The monoisotopic (exact) mass is 369 g/mol. The summed E-state index contributed by atoms with van der Waals surface area (Å²) in [6, 6.07) is 0. The zero-order valence-corrected chi connectivity index (χ0v) is 15.4. The first-order valence-electron chi connectivity index (χ1n) is 8.92. The predicted molar refractivity (Wildman–Crippen MR) is 91.0 cm³/mol. The van der Waals surface area contributed by atoms with Gasteiger partial charge in [0, 0.05) is 24.5 Å². The number of esters is 2. The summed E-state index contributed by atoms with van der Waals surface area (Å²) in [6.45, 7) is 4.96. The fourth-order valence-electron chi connectivity index (χ4n) is 3.14. The summed E-state index contributed by atoms with van der Waals surface area (Å²) in [5.74, 6) is -4.03. The van der Waals surface area contributed by atoms with Crippen molar-refractivity contribution in [1.82, 2.24) is 5.32 Å². The number of aliphatic hydroxyl groups is 2. The summed E-state index contributed by atoms with van der Waals surface area (Å²) in [5, 5.41) is 24.2. The van der Waals surface area contributed by atoms with Crippen LogP contribution in [0, 0.1) is 11.8 Å². The van der Waals surface area contributed by atoms with E-state index in [0.29, 0.717) is 13.1 Å². The van der Waals surface area contributed by atoms with Crippen LogP contribution in [0.4, 0.5) is 0 Å². The van der Waals surface area contributed by atoms with Gasteiger partial charge < -0.3 is 25.0 Å². The second-order valence-corrected chi connectivity index (χ2v) is 7.03. The lowest BCUT2D eigenvalue weighted by molar-refractivity contribution is -0.181. The molecule has 1 saturated heterocycles. The molecule has 8 heteroatoms. The zero-order chi connectivity index (χ0) is 19.5. The lowest BCUT2D eigenvalue weighted by Gasteiger charge is -2.35. The third kappa shape index (κ3) is 4.13. The Morgan fingerprint density at radius 3 is 2.69 bits per heavy atom. The summed E-state index contributed by atoms with van der Waals surface area (Å²) in [4.78, 5) is 37.6. The number of aliphatic hydroxyl groups excluding tert-OH is 1. The van der Waals surface area contributed by atoms with Gasteiger partial charge in [-0.1, -0.05) is 19.9 Å². The van der Waals surface area contributed by atoms with E-state index in [-0.39, 0.29) is 25.0 Å². The predicted octanol–water partition coefficient (Wildman–Crippen LogP) is -0.282. The van der Waals surface area contributed by atoms with Crippen molar-refractivity contribution in [3.05, 3.63) is 11.6 Å². The highest BCUT2D eigenvalue weighted by Crippen LogP contribution is 2.29. The molecule has 0 spiro atoms. The number of cyclic esters (lactones) is 1. The lowest BCUT2D eigenvalue weighted by atomic mass is 9.79. The van der Waals surface area contributed by atoms with Crippen LogP contribution in [0.1, 0.15) is 33.6 Å². The fraction of sp³-hybridized carbons (Fsp3) is 0.722. The molecule has 2 heterocycles. The van der Waals surface area contributed by atoms with Crippen LogP contribution < -0.4 is 5.32 Å². The zero-order valence-electron chi connectivity index (χ0n) is 15.4. The number of fused-ring (bicyclic) bond motifs is 2. The first-order chi connectivity index (χ1) is 12.2. The topological polar surface area (TPSA) is 122 Å². The Kier molecular flexibility index (Phi) is 6.54. The van der Waals surface area contributed by atoms with Crippen molar-refractivity contribution in [3.8, 4) is 0 Å². The Labute approximate surface area is 152 Å². The van der Waals surface area contributed by atoms with Gasteiger partial charge in [0.05, 0.1) is 12.0 Å². The molecule has 26 heavy (non-hydrogen) atoms. The molecule has 2 bridgehead atoms. The largest absolute Gasteiger partial charge is 0.459 e. The first kappa shape index (κ1) is 20.5. The molecular weight excluding hydrogens is 342 g/mol. The molecule has 2 aliphatic rings. The van der Waals surface area contributed by atoms with E-state index in [1.54, 1.807) is 13.0 Å². The number of ether oxygens (including phenoxy) is 2. The number of nitrogens with one attached hydrogen (secondary N) is 1. The third-order valence-corrected chi connectivity index (χ3v) is 5.27. The molecule has 0 aliphatic carbocycles. The average Bonchev–Trinajstić information content (AvgIpc) is 2.59. The van der Waals surface area contributed by atoms with Crippen molar-refractivity contribution in [2.24, 2.45) is 11.8 Å². The Hall–Kier alpha value is -1.77. The number of hydrogen-bond donors (Lipinski definition) is 3. The molecule has 0 aromatic rings. The highest BCUT2D eigenvalue weighted by atomic mass is 16.6. The molecule has 3 N–H and O–H groups in total. The van der Waals surface area contributed by atoms with Crippen LogP contribution >= 0.6 is 0 Å². The molecule has 2 aliphatic heterocycles. The second kappa shape index (κ2) is 8.28. The Morgan fingerprint density at radius 1 is 1.35 bits per heavy atom. The SMILES string of the molecule is CCC1C(=O)OC2CCNCC=C(COC(=O)C(C)(O)C(C)C1O)C2=O. The van der Waals surface area contributed by atoms with E-state index in [9.17, 15) is 24.6 Å². The molecule has 0 amide bonds. The molecule has 5 unspecified atom stereocenters. The molecule has 0 aromatic carbocycles. The van der Waals surface area contributed by atoms with E-state index in [4.69, 9.17) is 9.47 Å². The Balaban J connectivity index is 2.42. The molecule has 146 valence electrons. The van der Waals surface area contributed by atoms with E-state index >= 15 is 0 Å². The maximum Gasteiger partial charge on any atom is 0.338 e. The van der Waals surface area contributed by atoms with Crippen LogP contribution in [-0.4, -0.2) is 65.4 Å². The third-order valence-electron chi connectivity index (χ3n) is 5.27. The van der Waals surface area contributed by atoms with Gasteiger partial charge in [0.15, 0.2) is 11.7 Å². The van der Waals surface area contributed by atoms with E-state index in [1.807, 2.05) is 0 Å². The number of carbonyl (C=O) groups excluding carboxylic acids is 3. The molecule has 2 rings (SSSR count). The quantitative estimate of drug-likeness (QED) is 0.540. The first-order valence-corrected chi connectivity index (χ1v) is 8.92. The summed E-state index contributed by atoms with van der Waals surface area (Å²) >= 11 is 0. The van der Waals surface area contributed by atoms with E-state index in [2.05, 4.69) is 5.32 Å². The average molecular weight is 369 g/mol. The van der Waals surface area contributed by atoms with Gasteiger partial charge in [-0.25, -0.2) is 4.79 Å². The minimum Gasteiger partial charge on any atom is -0.459 e. The van der Waals surface area contributed by atoms with Crippen molar-refractivity contribution in [2.45, 2.75) is 51.4 Å². The smallest absolute Gasteiger partial charge is 0.338 e. The molecule has 5 atom stereocenters. The number of rotatable bonds is 1. The van der Waals surface area contributed by atoms with Gasteiger partial charge in [-0.05, 0) is 19.9 Å². The lowest BCUT2D eigenvalue weighted by Crippen LogP contribution is -2.52. The second-order valence-electron chi connectivity index (χ2n) is 7.03. The standard InChI is InChI=1S/C18H27NO7/c1-4-12-14(20)10(2)18(3,24)17(23)25-9-11-5-7-19-8-6-13(15(11)21)26-16(12)22/h5,10,12-14,19-20,24H,4,6-9H2,1-3H3. The van der Waals surface area contributed by atoms with Gasteiger partial charge >= 0.3 is 11.9 Å². The van der Waals surface area contributed by atoms with Crippen LogP contribution in [0.3, 0.4) is 0 Å². The molecule has 0 aromatic heterocycles. The van der Waals surface area contributed by atoms with Gasteiger partial charge in [0.2, 0.25) is 5.78 Å². The molecule has 1 fully saturated rings. The van der Waals surface area contributed by atoms with Crippen molar-refractivity contribution >= 4 is 17.7 Å². The number of hydrogen-bond acceptors (Lipinski definition) is 8. The van der Waals surface area contributed by atoms with Crippen molar-refractivity contribution < 1.29 is 34.1 Å². The van der Waals surface area contributed by atoms with Gasteiger partial charge in [-0.15, -0.1) is 0 Å². The maximum absolute atomic E-state index is 12.7. The summed E-state index contributed by atoms with van der Waals surface area (Å²) < 4.78 is 10.5. The van der Waals surface area contributed by atoms with E-state index < -0.39 is 47.4 Å². The van der Waals surface area contributed by atoms with Gasteiger partial charge in [-0.3, -0.25) is 9.59 Å². The summed E-state index contributed by atoms with van der Waals surface area (Å²) in [5.41, 5.74) is -1.81. The summed E-state index contributed by atoms with van der Waals surface area (Å²) in [7, 11) is 0. The number of ketones is 1. The van der Waals surface area contributed by atoms with E-state index in [0.717, 1.165) is 0 Å². The van der Waals surface area contributed by atoms with Gasteiger partial charge in [0.1, 0.15) is 6.61 Å². The van der Waals surface area contributed by atoms with Crippen molar-refractivity contribution in [3.63, 3.8) is 0 Å². The van der Waals surface area contributed by atoms with Crippen LogP contribution in [-0.2, 0) is 23.9 Å². The summed E-state index contributed by atoms with van der Waals surface area (Å²) in [6.07, 6.45) is -0.221. The molecular formula is C18H27NO7. The Morgan fingerprint density at radius 2 is 2.04 bits per heavy atom. The van der Waals surface area contributed by atoms with Gasteiger partial charge in [-0.2, -0.15) is 0 Å². The van der Waals surface area contributed by atoms with Crippen LogP contribution in [0.15, 0.2) is 11.6 Å². The molecule has 8 nitrogen and oxygen atoms in total. The number of Topliss-reactive ketones (excluding diaryl/α,β-unsaturated/α-hetero) is 1. The van der Waals surface area contributed by atoms with Crippen LogP contribution in [0.5, 0.6) is 0 Å².